The van der Waals surface area contributed by atoms with Gasteiger partial charge >= 0.3 is 0 Å². The SMILES string of the molecule is C.C.CCCC1=NCCN1. The van der Waals surface area contributed by atoms with Gasteiger partial charge in [0.25, 0.3) is 0 Å². The number of hydrogen-bond acceptors (Lipinski definition) is 2. The fourth-order valence-corrected chi connectivity index (χ4v) is 0.851. The van der Waals surface area contributed by atoms with E-state index >= 15 is 0 Å². The Labute approximate surface area is 64.7 Å². The van der Waals surface area contributed by atoms with Crippen LogP contribution in [0.4, 0.5) is 0 Å². The summed E-state index contributed by atoms with van der Waals surface area (Å²) in [6, 6.07) is 0. The van der Waals surface area contributed by atoms with Gasteiger partial charge in [0.1, 0.15) is 0 Å². The summed E-state index contributed by atoms with van der Waals surface area (Å²) in [7, 11) is 0. The fourth-order valence-electron chi connectivity index (χ4n) is 0.851. The maximum absolute atomic E-state index is 4.23. The third kappa shape index (κ3) is 3.49. The van der Waals surface area contributed by atoms with Crippen LogP contribution < -0.4 is 5.32 Å². The number of amidine groups is 1. The molecule has 1 heterocycles. The molecule has 1 aliphatic rings. The van der Waals surface area contributed by atoms with Crippen molar-refractivity contribution in [3.63, 3.8) is 0 Å². The molecule has 10 heavy (non-hydrogen) atoms. The van der Waals surface area contributed by atoms with Gasteiger partial charge in [0, 0.05) is 13.0 Å². The van der Waals surface area contributed by atoms with E-state index in [1.807, 2.05) is 0 Å². The van der Waals surface area contributed by atoms with Gasteiger partial charge < -0.3 is 5.32 Å². The summed E-state index contributed by atoms with van der Waals surface area (Å²) in [5.41, 5.74) is 0. The lowest BCUT2D eigenvalue weighted by molar-refractivity contribution is 0.921. The Kier molecular flexibility index (Phi) is 8.02. The summed E-state index contributed by atoms with van der Waals surface area (Å²) in [6.07, 6.45) is 2.33. The van der Waals surface area contributed by atoms with E-state index in [2.05, 4.69) is 17.2 Å². The Hall–Kier alpha value is -0.530. The maximum Gasteiger partial charge on any atom is 0.0964 e. The van der Waals surface area contributed by atoms with Gasteiger partial charge in [0.05, 0.1) is 12.4 Å². The quantitative estimate of drug-likeness (QED) is 0.630. The van der Waals surface area contributed by atoms with Crippen molar-refractivity contribution in [3.8, 4) is 0 Å². The minimum atomic E-state index is 0. The van der Waals surface area contributed by atoms with Crippen molar-refractivity contribution in [2.75, 3.05) is 13.1 Å². The zero-order valence-corrected chi connectivity index (χ0v) is 5.28. The van der Waals surface area contributed by atoms with Crippen molar-refractivity contribution in [3.05, 3.63) is 0 Å². The van der Waals surface area contributed by atoms with E-state index in [1.54, 1.807) is 0 Å². The number of nitrogens with zero attached hydrogens (tertiary/aromatic N) is 1. The highest BCUT2D eigenvalue weighted by Crippen LogP contribution is 1.93. The number of nitrogens with one attached hydrogen (secondary N) is 1. The molecule has 0 radical (unpaired) electrons. The molecule has 0 unspecified atom stereocenters. The Balaban J connectivity index is 0. The molecule has 0 saturated carbocycles. The molecular formula is C8H20N2. The summed E-state index contributed by atoms with van der Waals surface area (Å²) in [5, 5.41) is 3.21. The van der Waals surface area contributed by atoms with Crippen molar-refractivity contribution >= 4 is 5.84 Å². The topological polar surface area (TPSA) is 24.4 Å². The van der Waals surface area contributed by atoms with Crippen LogP contribution in [0.1, 0.15) is 34.6 Å². The number of hydrogen-bond donors (Lipinski definition) is 1. The second kappa shape index (κ2) is 6.59. The highest BCUT2D eigenvalue weighted by molar-refractivity contribution is 5.83. The molecule has 0 atom stereocenters. The highest BCUT2D eigenvalue weighted by atomic mass is 15.1. The van der Waals surface area contributed by atoms with E-state index in [9.17, 15) is 0 Å². The first kappa shape index (κ1) is 12.2. The summed E-state index contributed by atoms with van der Waals surface area (Å²) < 4.78 is 0. The molecular weight excluding hydrogens is 124 g/mol. The summed E-state index contributed by atoms with van der Waals surface area (Å²) in [5.74, 6) is 1.20. The summed E-state index contributed by atoms with van der Waals surface area (Å²) >= 11 is 0. The van der Waals surface area contributed by atoms with Crippen LogP contribution in [-0.2, 0) is 0 Å². The predicted molar refractivity (Wildman–Crippen MR) is 48.7 cm³/mol. The zero-order valence-electron chi connectivity index (χ0n) is 5.28. The summed E-state index contributed by atoms with van der Waals surface area (Å²) in [6.45, 7) is 4.20. The molecule has 0 saturated heterocycles. The van der Waals surface area contributed by atoms with Crippen molar-refractivity contribution < 1.29 is 0 Å². The Morgan fingerprint density at radius 3 is 2.60 bits per heavy atom. The third-order valence-electron chi connectivity index (χ3n) is 1.23. The molecule has 2 nitrogen and oxygen atoms in total. The highest BCUT2D eigenvalue weighted by Gasteiger charge is 2.00. The molecule has 0 aliphatic carbocycles. The monoisotopic (exact) mass is 144 g/mol. The first-order valence-electron chi connectivity index (χ1n) is 3.20. The van der Waals surface area contributed by atoms with Crippen LogP contribution in [0.15, 0.2) is 4.99 Å². The van der Waals surface area contributed by atoms with Gasteiger partial charge in [-0.3, -0.25) is 4.99 Å². The van der Waals surface area contributed by atoms with Crippen LogP contribution >= 0.6 is 0 Å². The first-order valence-corrected chi connectivity index (χ1v) is 3.20. The molecule has 0 aromatic carbocycles. The van der Waals surface area contributed by atoms with E-state index in [0.29, 0.717) is 0 Å². The average Bonchev–Trinajstić information content (AvgIpc) is 2.19. The van der Waals surface area contributed by atoms with Crippen LogP contribution in [0.25, 0.3) is 0 Å². The minimum Gasteiger partial charge on any atom is -0.372 e. The third-order valence-corrected chi connectivity index (χ3v) is 1.23. The van der Waals surface area contributed by atoms with E-state index in [0.717, 1.165) is 19.5 Å². The molecule has 0 spiro atoms. The van der Waals surface area contributed by atoms with E-state index in [4.69, 9.17) is 0 Å². The number of aliphatic imine (C=N–C) groups is 1. The van der Waals surface area contributed by atoms with Crippen molar-refractivity contribution in [2.45, 2.75) is 34.6 Å². The smallest absolute Gasteiger partial charge is 0.0964 e. The van der Waals surface area contributed by atoms with E-state index in [1.165, 1.54) is 12.3 Å². The molecule has 1 aliphatic heterocycles. The van der Waals surface area contributed by atoms with Crippen LogP contribution in [0.3, 0.4) is 0 Å². The lowest BCUT2D eigenvalue weighted by Gasteiger charge is -1.95. The number of rotatable bonds is 2. The molecule has 1 N–H and O–H groups in total. The molecule has 0 amide bonds. The molecule has 62 valence electrons. The van der Waals surface area contributed by atoms with Gasteiger partial charge in [0.2, 0.25) is 0 Å². The molecule has 2 heteroatoms. The van der Waals surface area contributed by atoms with Gasteiger partial charge in [-0.2, -0.15) is 0 Å². The van der Waals surface area contributed by atoms with Crippen LogP contribution in [0.2, 0.25) is 0 Å². The predicted octanol–water partition coefficient (Wildman–Crippen LogP) is 2.06. The lowest BCUT2D eigenvalue weighted by atomic mass is 10.3. The molecule has 1 rings (SSSR count). The summed E-state index contributed by atoms with van der Waals surface area (Å²) in [4.78, 5) is 4.23. The normalized spacial score (nSPS) is 14.3. The Morgan fingerprint density at radius 2 is 2.20 bits per heavy atom. The first-order chi connectivity index (χ1) is 3.93. The van der Waals surface area contributed by atoms with Crippen molar-refractivity contribution in [2.24, 2.45) is 4.99 Å². The zero-order chi connectivity index (χ0) is 5.82. The van der Waals surface area contributed by atoms with Gasteiger partial charge in [0.15, 0.2) is 0 Å². The van der Waals surface area contributed by atoms with Gasteiger partial charge in [-0.15, -0.1) is 0 Å². The average molecular weight is 144 g/mol. The standard InChI is InChI=1S/C6H12N2.2CH4/c1-2-3-6-7-4-5-8-6;;/h2-5H2,1H3,(H,7,8);2*1H4. The maximum atomic E-state index is 4.23. The molecule has 0 fully saturated rings. The second-order valence-corrected chi connectivity index (χ2v) is 2.01. The Bertz CT molecular complexity index is 97.4. The molecule has 0 aromatic rings. The molecule has 0 bridgehead atoms. The van der Waals surface area contributed by atoms with Crippen LogP contribution in [0, 0.1) is 0 Å². The van der Waals surface area contributed by atoms with Crippen LogP contribution in [-0.4, -0.2) is 18.9 Å². The van der Waals surface area contributed by atoms with Gasteiger partial charge in [-0.05, 0) is 6.42 Å². The van der Waals surface area contributed by atoms with Crippen LogP contribution in [0.5, 0.6) is 0 Å². The minimum absolute atomic E-state index is 0. The largest absolute Gasteiger partial charge is 0.372 e. The lowest BCUT2D eigenvalue weighted by Crippen LogP contribution is -2.17. The van der Waals surface area contributed by atoms with Gasteiger partial charge in [-0.1, -0.05) is 21.8 Å². The van der Waals surface area contributed by atoms with Gasteiger partial charge in [-0.25, -0.2) is 0 Å². The van der Waals surface area contributed by atoms with Crippen molar-refractivity contribution in [1.29, 1.82) is 0 Å². The van der Waals surface area contributed by atoms with Crippen molar-refractivity contribution in [1.82, 2.24) is 5.32 Å². The van der Waals surface area contributed by atoms with E-state index in [-0.39, 0.29) is 14.9 Å². The molecule has 0 aromatic heterocycles. The van der Waals surface area contributed by atoms with E-state index < -0.39 is 0 Å². The second-order valence-electron chi connectivity index (χ2n) is 2.01. The Morgan fingerprint density at radius 1 is 1.50 bits per heavy atom. The fraction of sp³-hybridized carbons (Fsp3) is 0.875.